The van der Waals surface area contributed by atoms with Crippen LogP contribution >= 0.6 is 11.3 Å². The van der Waals surface area contributed by atoms with E-state index >= 15 is 0 Å². The van der Waals surface area contributed by atoms with Gasteiger partial charge in [-0.15, -0.1) is 11.3 Å². The van der Waals surface area contributed by atoms with Gasteiger partial charge in [0.15, 0.2) is 5.92 Å². The van der Waals surface area contributed by atoms with Gasteiger partial charge in [0.1, 0.15) is 23.7 Å². The van der Waals surface area contributed by atoms with Gasteiger partial charge >= 0.3 is 18.0 Å². The van der Waals surface area contributed by atoms with E-state index in [0.717, 1.165) is 27.8 Å². The summed E-state index contributed by atoms with van der Waals surface area (Å²) in [5, 5.41) is 10.0. The smallest absolute Gasteiger partial charge is 0.410 e. The molecule has 41 heavy (non-hydrogen) atoms. The van der Waals surface area contributed by atoms with Crippen LogP contribution in [0.5, 0.6) is 11.5 Å². The van der Waals surface area contributed by atoms with Crippen molar-refractivity contribution in [3.8, 4) is 17.6 Å². The molecule has 0 spiro atoms. The molecule has 0 saturated carbocycles. The molecule has 10 heteroatoms. The molecule has 9 nitrogen and oxygen atoms in total. The molecule has 2 heterocycles. The predicted molar refractivity (Wildman–Crippen MR) is 154 cm³/mol. The fraction of sp³-hybridized carbons (Fsp3) is 0.419. The lowest BCUT2D eigenvalue weighted by Crippen LogP contribution is -2.42. The number of amides is 1. The van der Waals surface area contributed by atoms with Gasteiger partial charge in [-0.1, -0.05) is 0 Å². The number of fused-ring (bicyclic) bond motifs is 1. The molecule has 1 amide bonds. The van der Waals surface area contributed by atoms with Gasteiger partial charge in [-0.3, -0.25) is 9.59 Å². The Bertz CT molecular complexity index is 1440. The van der Waals surface area contributed by atoms with Crippen LogP contribution in [0.25, 0.3) is 10.1 Å². The Hall–Kier alpha value is -4.10. The van der Waals surface area contributed by atoms with Crippen LogP contribution in [0.15, 0.2) is 48.5 Å². The van der Waals surface area contributed by atoms with Gasteiger partial charge in [0.2, 0.25) is 0 Å². The summed E-state index contributed by atoms with van der Waals surface area (Å²) in [6, 6.07) is 15.8. The van der Waals surface area contributed by atoms with Crippen LogP contribution < -0.4 is 9.47 Å². The Kier molecular flexibility index (Phi) is 9.50. The van der Waals surface area contributed by atoms with E-state index in [4.69, 9.17) is 24.2 Å². The van der Waals surface area contributed by atoms with Crippen molar-refractivity contribution < 1.29 is 33.3 Å². The maximum absolute atomic E-state index is 13.1. The third kappa shape index (κ3) is 7.98. The SMILES string of the molecule is CCOC(=O)C(Cc1cc2cc(C#N)ccc2s1)C(=O)Oc1ccc(OC[C@H]2CCCN2C(=O)OC(C)(C)C)cc1. The molecule has 0 bridgehead atoms. The summed E-state index contributed by atoms with van der Waals surface area (Å²) < 4.78 is 23.1. The summed E-state index contributed by atoms with van der Waals surface area (Å²) in [5.41, 5.74) is -0.0239. The minimum absolute atomic E-state index is 0.0897. The van der Waals surface area contributed by atoms with Gasteiger partial charge in [-0.05, 0) is 94.5 Å². The van der Waals surface area contributed by atoms with Crippen LogP contribution in [-0.2, 0) is 25.5 Å². The van der Waals surface area contributed by atoms with Crippen molar-refractivity contribution in [2.24, 2.45) is 5.92 Å². The van der Waals surface area contributed by atoms with E-state index in [2.05, 4.69) is 6.07 Å². The highest BCUT2D eigenvalue weighted by atomic mass is 32.1. The molecule has 3 aromatic rings. The standard InChI is InChI=1S/C31H34N2O7S/c1-5-37-28(34)26(17-25-16-21-15-20(18-32)8-13-27(21)41-25)29(35)39-24-11-9-23(10-12-24)38-19-22-7-6-14-33(22)30(36)40-31(2,3)4/h8-13,15-16,22,26H,5-7,14,17,19H2,1-4H3/t22-,26?/m1/s1. The van der Waals surface area contributed by atoms with E-state index in [1.165, 1.54) is 11.3 Å². The number of esters is 2. The molecule has 1 saturated heterocycles. The number of nitriles is 1. The number of nitrogens with zero attached hydrogens (tertiary/aromatic N) is 2. The molecule has 0 aliphatic carbocycles. The summed E-state index contributed by atoms with van der Waals surface area (Å²) >= 11 is 1.45. The van der Waals surface area contributed by atoms with E-state index in [9.17, 15) is 14.4 Å². The first-order valence-electron chi connectivity index (χ1n) is 13.6. The number of rotatable bonds is 9. The second kappa shape index (κ2) is 13.0. The van der Waals surface area contributed by atoms with Crippen LogP contribution in [0.4, 0.5) is 4.79 Å². The zero-order valence-electron chi connectivity index (χ0n) is 23.7. The Morgan fingerprint density at radius 3 is 2.49 bits per heavy atom. The van der Waals surface area contributed by atoms with E-state index in [1.807, 2.05) is 32.9 Å². The zero-order valence-corrected chi connectivity index (χ0v) is 24.5. The zero-order chi connectivity index (χ0) is 29.6. The molecule has 216 valence electrons. The van der Waals surface area contributed by atoms with Crippen molar-refractivity contribution >= 4 is 39.5 Å². The number of ether oxygens (including phenoxy) is 4. The molecule has 1 fully saturated rings. The topological polar surface area (TPSA) is 115 Å². The average molecular weight is 579 g/mol. The summed E-state index contributed by atoms with van der Waals surface area (Å²) in [7, 11) is 0. The lowest BCUT2D eigenvalue weighted by molar-refractivity contribution is -0.156. The Morgan fingerprint density at radius 2 is 1.80 bits per heavy atom. The third-order valence-corrected chi connectivity index (χ3v) is 7.59. The van der Waals surface area contributed by atoms with E-state index in [1.54, 1.807) is 48.2 Å². The molecular weight excluding hydrogens is 544 g/mol. The summed E-state index contributed by atoms with van der Waals surface area (Å²) in [5.74, 6) is -1.69. The Morgan fingerprint density at radius 1 is 1.07 bits per heavy atom. The minimum atomic E-state index is -1.14. The lowest BCUT2D eigenvalue weighted by Gasteiger charge is -2.28. The first-order valence-corrected chi connectivity index (χ1v) is 14.4. The van der Waals surface area contributed by atoms with Crippen LogP contribution in [0.1, 0.15) is 51.0 Å². The highest BCUT2D eigenvalue weighted by Gasteiger charge is 2.33. The number of carbonyl (C=O) groups excluding carboxylic acids is 3. The van der Waals surface area contributed by atoms with E-state index in [0.29, 0.717) is 24.5 Å². The Labute approximate surface area is 243 Å². The number of carbonyl (C=O) groups is 3. The van der Waals surface area contributed by atoms with E-state index < -0.39 is 23.5 Å². The molecule has 0 N–H and O–H groups in total. The molecule has 4 rings (SSSR count). The second-order valence-corrected chi connectivity index (χ2v) is 11.9. The Balaban J connectivity index is 1.37. The molecule has 2 aromatic carbocycles. The maximum Gasteiger partial charge on any atom is 0.410 e. The summed E-state index contributed by atoms with van der Waals surface area (Å²) in [6.45, 7) is 8.28. The number of hydrogen-bond acceptors (Lipinski definition) is 9. The first kappa shape index (κ1) is 29.9. The molecule has 2 atom stereocenters. The van der Waals surface area contributed by atoms with Crippen molar-refractivity contribution in [3.05, 3.63) is 59.0 Å². The van der Waals surface area contributed by atoms with Crippen LogP contribution in [-0.4, -0.2) is 54.3 Å². The quantitative estimate of drug-likeness (QED) is 0.176. The van der Waals surface area contributed by atoms with Crippen molar-refractivity contribution in [3.63, 3.8) is 0 Å². The molecule has 1 aromatic heterocycles. The van der Waals surface area contributed by atoms with Crippen LogP contribution in [0.2, 0.25) is 0 Å². The number of benzene rings is 2. The maximum atomic E-state index is 13.1. The summed E-state index contributed by atoms with van der Waals surface area (Å²) in [4.78, 5) is 40.8. The van der Waals surface area contributed by atoms with Crippen molar-refractivity contribution in [1.82, 2.24) is 4.90 Å². The highest BCUT2D eigenvalue weighted by Crippen LogP contribution is 2.30. The fourth-order valence-electron chi connectivity index (χ4n) is 4.53. The van der Waals surface area contributed by atoms with Gasteiger partial charge < -0.3 is 23.8 Å². The molecule has 1 unspecified atom stereocenters. The van der Waals surface area contributed by atoms with Gasteiger partial charge in [0.05, 0.1) is 24.3 Å². The molecule has 1 aliphatic heterocycles. The number of likely N-dealkylation sites (tertiary alicyclic amines) is 1. The normalized spacial score (nSPS) is 15.7. The van der Waals surface area contributed by atoms with Gasteiger partial charge in [0.25, 0.3) is 0 Å². The summed E-state index contributed by atoms with van der Waals surface area (Å²) in [6.07, 6.45) is 1.48. The number of hydrogen-bond donors (Lipinski definition) is 0. The van der Waals surface area contributed by atoms with Gasteiger partial charge in [-0.2, -0.15) is 5.26 Å². The first-order chi connectivity index (χ1) is 19.6. The predicted octanol–water partition coefficient (Wildman–Crippen LogP) is 5.88. The van der Waals surface area contributed by atoms with Crippen LogP contribution in [0.3, 0.4) is 0 Å². The van der Waals surface area contributed by atoms with Crippen LogP contribution in [0, 0.1) is 17.2 Å². The lowest BCUT2D eigenvalue weighted by atomic mass is 10.0. The van der Waals surface area contributed by atoms with Gasteiger partial charge in [-0.25, -0.2) is 4.79 Å². The van der Waals surface area contributed by atoms with E-state index in [-0.39, 0.29) is 30.9 Å². The van der Waals surface area contributed by atoms with Gasteiger partial charge in [0, 0.05) is 22.5 Å². The molecule has 0 radical (unpaired) electrons. The molecular formula is C31H34N2O7S. The fourth-order valence-corrected chi connectivity index (χ4v) is 5.62. The largest absolute Gasteiger partial charge is 0.491 e. The minimum Gasteiger partial charge on any atom is -0.491 e. The monoisotopic (exact) mass is 578 g/mol. The van der Waals surface area contributed by atoms with Crippen molar-refractivity contribution in [2.75, 3.05) is 19.8 Å². The average Bonchev–Trinajstić information content (AvgIpc) is 3.56. The number of thiophene rings is 1. The molecule has 1 aliphatic rings. The second-order valence-electron chi connectivity index (χ2n) is 10.8. The van der Waals surface area contributed by atoms with Crippen molar-refractivity contribution in [2.45, 2.75) is 58.6 Å². The van der Waals surface area contributed by atoms with Crippen molar-refractivity contribution in [1.29, 1.82) is 5.26 Å². The highest BCUT2D eigenvalue weighted by molar-refractivity contribution is 7.19. The third-order valence-electron chi connectivity index (χ3n) is 6.45.